The predicted octanol–water partition coefficient (Wildman–Crippen LogP) is 3.72. The molecule has 0 saturated carbocycles. The molecule has 2 aromatic heterocycles. The molecule has 2 bridgehead atoms. The molecular weight excluding hydrogens is 336 g/mol. The van der Waals surface area contributed by atoms with Crippen molar-refractivity contribution in [2.75, 3.05) is 19.6 Å². The number of carbonyl (C=O) groups is 1. The van der Waals surface area contributed by atoms with Crippen molar-refractivity contribution in [2.45, 2.75) is 18.9 Å². The molecule has 3 saturated heterocycles. The van der Waals surface area contributed by atoms with Crippen LogP contribution in [-0.4, -0.2) is 36.5 Å². The highest BCUT2D eigenvalue weighted by atomic mass is 35.5. The van der Waals surface area contributed by atoms with Crippen LogP contribution in [0.1, 0.15) is 22.5 Å². The zero-order valence-electron chi connectivity index (χ0n) is 12.2. The van der Waals surface area contributed by atoms with Crippen LogP contribution in [0.5, 0.6) is 0 Å². The van der Waals surface area contributed by atoms with E-state index in [1.54, 1.807) is 22.7 Å². The molecule has 1 amide bonds. The maximum absolute atomic E-state index is 12.5. The van der Waals surface area contributed by atoms with Gasteiger partial charge in [-0.3, -0.25) is 4.79 Å². The number of hydrogen-bond donors (Lipinski definition) is 1. The van der Waals surface area contributed by atoms with Crippen LogP contribution >= 0.6 is 35.1 Å². The molecule has 0 spiro atoms. The first-order valence-electron chi connectivity index (χ1n) is 7.45. The molecule has 2 aromatic rings. The molecule has 0 unspecified atom stereocenters. The molecule has 3 aliphatic rings. The van der Waals surface area contributed by atoms with Crippen molar-refractivity contribution in [2.24, 2.45) is 5.92 Å². The number of halogens is 1. The Labute approximate surface area is 144 Å². The molecule has 3 aliphatic heterocycles. The van der Waals surface area contributed by atoms with Gasteiger partial charge in [-0.2, -0.15) is 11.3 Å². The molecular formula is C16H19ClN2OS2. The molecule has 3 fully saturated rings. The Bertz CT molecular complexity index is 632. The van der Waals surface area contributed by atoms with Crippen LogP contribution in [0.3, 0.4) is 0 Å². The van der Waals surface area contributed by atoms with E-state index in [-0.39, 0.29) is 18.3 Å². The Kier molecular flexibility index (Phi) is 4.88. The van der Waals surface area contributed by atoms with Crippen molar-refractivity contribution in [3.63, 3.8) is 0 Å². The Morgan fingerprint density at radius 2 is 2.05 bits per heavy atom. The highest BCUT2D eigenvalue weighted by Gasteiger charge is 2.35. The van der Waals surface area contributed by atoms with Gasteiger partial charge < -0.3 is 10.2 Å². The predicted molar refractivity (Wildman–Crippen MR) is 95.3 cm³/mol. The molecule has 5 heterocycles. The second-order valence-electron chi connectivity index (χ2n) is 5.89. The summed E-state index contributed by atoms with van der Waals surface area (Å²) in [6.45, 7) is 3.44. The van der Waals surface area contributed by atoms with Crippen molar-refractivity contribution < 1.29 is 4.79 Å². The standard InChI is InChI=1S/C16H18N2OS2.ClH/c19-16(17-13-9-18-6-3-11(13)4-7-18)15-2-1-14(21-15)12-5-8-20-10-12;/h1-2,5,8,10-11,13H,3-4,6-7,9H2,(H,17,19);1H/t13-;/m0./s1. The monoisotopic (exact) mass is 354 g/mol. The second kappa shape index (κ2) is 6.71. The Hall–Kier alpha value is -0.880. The normalized spacial score (nSPS) is 26.5. The van der Waals surface area contributed by atoms with Gasteiger partial charge >= 0.3 is 0 Å². The van der Waals surface area contributed by atoms with Gasteiger partial charge in [0, 0.05) is 23.0 Å². The summed E-state index contributed by atoms with van der Waals surface area (Å²) in [7, 11) is 0. The molecule has 1 N–H and O–H groups in total. The number of thiophene rings is 2. The van der Waals surface area contributed by atoms with Gasteiger partial charge in [-0.25, -0.2) is 0 Å². The fraction of sp³-hybridized carbons (Fsp3) is 0.438. The summed E-state index contributed by atoms with van der Waals surface area (Å²) >= 11 is 3.28. The van der Waals surface area contributed by atoms with Gasteiger partial charge in [-0.15, -0.1) is 23.7 Å². The maximum atomic E-state index is 12.5. The first-order valence-corrected chi connectivity index (χ1v) is 9.21. The Morgan fingerprint density at radius 1 is 1.23 bits per heavy atom. The van der Waals surface area contributed by atoms with Crippen LogP contribution in [0.15, 0.2) is 29.0 Å². The van der Waals surface area contributed by atoms with Gasteiger partial charge in [-0.05, 0) is 60.8 Å². The van der Waals surface area contributed by atoms with E-state index >= 15 is 0 Å². The van der Waals surface area contributed by atoms with Crippen molar-refractivity contribution in [3.8, 4) is 10.4 Å². The molecule has 1 atom stereocenters. The van der Waals surface area contributed by atoms with E-state index < -0.39 is 0 Å². The van der Waals surface area contributed by atoms with Crippen LogP contribution in [0, 0.1) is 5.92 Å². The minimum Gasteiger partial charge on any atom is -0.347 e. The maximum Gasteiger partial charge on any atom is 0.261 e. The average Bonchev–Trinajstić information content (AvgIpc) is 3.20. The van der Waals surface area contributed by atoms with Crippen LogP contribution in [0.4, 0.5) is 0 Å². The lowest BCUT2D eigenvalue weighted by atomic mass is 9.84. The number of fused-ring (bicyclic) bond motifs is 3. The summed E-state index contributed by atoms with van der Waals surface area (Å²) in [6.07, 6.45) is 2.46. The Balaban J connectivity index is 0.00000144. The number of nitrogens with zero attached hydrogens (tertiary/aromatic N) is 1. The van der Waals surface area contributed by atoms with Crippen LogP contribution in [0.25, 0.3) is 10.4 Å². The molecule has 5 rings (SSSR count). The van der Waals surface area contributed by atoms with E-state index in [2.05, 4.69) is 33.1 Å². The fourth-order valence-corrected chi connectivity index (χ4v) is 5.02. The molecule has 6 heteroatoms. The smallest absolute Gasteiger partial charge is 0.261 e. The van der Waals surface area contributed by atoms with Crippen molar-refractivity contribution in [1.29, 1.82) is 0 Å². The number of nitrogens with one attached hydrogen (secondary N) is 1. The lowest BCUT2D eigenvalue weighted by Crippen LogP contribution is -2.57. The largest absolute Gasteiger partial charge is 0.347 e. The minimum atomic E-state index is 0. The highest BCUT2D eigenvalue weighted by Crippen LogP contribution is 2.31. The van der Waals surface area contributed by atoms with E-state index in [9.17, 15) is 4.79 Å². The summed E-state index contributed by atoms with van der Waals surface area (Å²) in [5.41, 5.74) is 1.21. The summed E-state index contributed by atoms with van der Waals surface area (Å²) < 4.78 is 0. The molecule has 0 radical (unpaired) electrons. The van der Waals surface area contributed by atoms with E-state index in [0.29, 0.717) is 12.0 Å². The van der Waals surface area contributed by atoms with Crippen LogP contribution in [0.2, 0.25) is 0 Å². The quantitative estimate of drug-likeness (QED) is 0.911. The van der Waals surface area contributed by atoms with Crippen molar-refractivity contribution >= 4 is 41.0 Å². The third-order valence-corrected chi connectivity index (χ3v) is 6.42. The van der Waals surface area contributed by atoms with Gasteiger partial charge in [0.15, 0.2) is 0 Å². The number of carbonyl (C=O) groups excluding carboxylic acids is 1. The van der Waals surface area contributed by atoms with E-state index in [1.165, 1.54) is 36.4 Å². The second-order valence-corrected chi connectivity index (χ2v) is 7.76. The van der Waals surface area contributed by atoms with Crippen molar-refractivity contribution in [3.05, 3.63) is 33.8 Å². The lowest BCUT2D eigenvalue weighted by molar-refractivity contribution is 0.0622. The molecule has 0 aromatic carbocycles. The number of amides is 1. The average molecular weight is 355 g/mol. The van der Waals surface area contributed by atoms with Crippen molar-refractivity contribution in [1.82, 2.24) is 10.2 Å². The first-order chi connectivity index (χ1) is 10.3. The van der Waals surface area contributed by atoms with Gasteiger partial charge in [0.05, 0.1) is 4.88 Å². The summed E-state index contributed by atoms with van der Waals surface area (Å²) in [6, 6.07) is 6.45. The van der Waals surface area contributed by atoms with E-state index in [0.717, 1.165) is 11.4 Å². The highest BCUT2D eigenvalue weighted by molar-refractivity contribution is 7.17. The zero-order chi connectivity index (χ0) is 14.2. The third-order valence-electron chi connectivity index (χ3n) is 4.61. The number of rotatable bonds is 3. The molecule has 0 aliphatic carbocycles. The van der Waals surface area contributed by atoms with Crippen LogP contribution in [-0.2, 0) is 0 Å². The fourth-order valence-electron chi connectivity index (χ4n) is 3.39. The third kappa shape index (κ3) is 3.08. The first kappa shape index (κ1) is 16.0. The topological polar surface area (TPSA) is 32.3 Å². The lowest BCUT2D eigenvalue weighted by Gasteiger charge is -2.44. The summed E-state index contributed by atoms with van der Waals surface area (Å²) in [5, 5.41) is 7.45. The Morgan fingerprint density at radius 3 is 2.68 bits per heavy atom. The molecule has 3 nitrogen and oxygen atoms in total. The zero-order valence-corrected chi connectivity index (χ0v) is 14.6. The van der Waals surface area contributed by atoms with Gasteiger partial charge in [0.25, 0.3) is 5.91 Å². The number of hydrogen-bond acceptors (Lipinski definition) is 4. The molecule has 118 valence electrons. The molecule has 22 heavy (non-hydrogen) atoms. The number of piperidine rings is 3. The van der Waals surface area contributed by atoms with Gasteiger partial charge in [0.2, 0.25) is 0 Å². The minimum absolute atomic E-state index is 0. The van der Waals surface area contributed by atoms with E-state index in [1.807, 2.05) is 6.07 Å². The summed E-state index contributed by atoms with van der Waals surface area (Å²) in [5.74, 6) is 0.774. The summed E-state index contributed by atoms with van der Waals surface area (Å²) in [4.78, 5) is 16.9. The van der Waals surface area contributed by atoms with E-state index in [4.69, 9.17) is 0 Å². The van der Waals surface area contributed by atoms with Gasteiger partial charge in [0.1, 0.15) is 0 Å². The SMILES string of the molecule is Cl.O=C(N[C@H]1CN2CCC1CC2)c1ccc(-c2ccsc2)s1. The van der Waals surface area contributed by atoms with Gasteiger partial charge in [-0.1, -0.05) is 0 Å². The van der Waals surface area contributed by atoms with Crippen LogP contribution < -0.4 is 5.32 Å².